The molecule has 1 N–H and O–H groups in total. The highest BCUT2D eigenvalue weighted by atomic mass is 35.5. The molecule has 1 aromatic heterocycles. The molecule has 0 unspecified atom stereocenters. The lowest BCUT2D eigenvalue weighted by Crippen LogP contribution is -2.13. The quantitative estimate of drug-likeness (QED) is 0.928. The molecule has 1 heterocycles. The number of pyridine rings is 1. The third kappa shape index (κ3) is 3.93. The van der Waals surface area contributed by atoms with Crippen molar-refractivity contribution in [3.63, 3.8) is 0 Å². The van der Waals surface area contributed by atoms with E-state index in [9.17, 15) is 13.2 Å². The first-order chi connectivity index (χ1) is 9.77. The summed E-state index contributed by atoms with van der Waals surface area (Å²) in [6.07, 6.45) is 2.41. The van der Waals surface area contributed by atoms with Crippen LogP contribution < -0.4 is 5.32 Å². The van der Waals surface area contributed by atoms with Crippen molar-refractivity contribution in [1.82, 2.24) is 4.98 Å². The van der Waals surface area contributed by atoms with Crippen LogP contribution in [-0.4, -0.2) is 25.6 Å². The molecule has 0 spiro atoms. The molecule has 2 aromatic rings. The van der Waals surface area contributed by atoms with Gasteiger partial charge in [-0.25, -0.2) is 13.4 Å². The minimum Gasteiger partial charge on any atom is -0.307 e. The first-order valence-electron chi connectivity index (χ1n) is 5.70. The van der Waals surface area contributed by atoms with Gasteiger partial charge in [-0.2, -0.15) is 0 Å². The molecule has 0 saturated heterocycles. The Morgan fingerprint density at radius 1 is 1.19 bits per heavy atom. The first kappa shape index (κ1) is 15.8. The van der Waals surface area contributed by atoms with Crippen LogP contribution in [0, 0.1) is 0 Å². The van der Waals surface area contributed by atoms with Crippen LogP contribution in [0.2, 0.25) is 10.0 Å². The molecule has 1 aromatic carbocycles. The van der Waals surface area contributed by atoms with E-state index < -0.39 is 15.7 Å². The fraction of sp³-hybridized carbons (Fsp3) is 0.0769. The smallest absolute Gasteiger partial charge is 0.256 e. The van der Waals surface area contributed by atoms with E-state index in [2.05, 4.69) is 10.3 Å². The van der Waals surface area contributed by atoms with Crippen molar-refractivity contribution in [1.29, 1.82) is 0 Å². The lowest BCUT2D eigenvalue weighted by Gasteiger charge is -2.07. The minimum absolute atomic E-state index is 0.0682. The molecule has 0 bridgehead atoms. The van der Waals surface area contributed by atoms with Crippen LogP contribution in [0.1, 0.15) is 10.4 Å². The number of halogens is 2. The molecule has 0 aliphatic carbocycles. The lowest BCUT2D eigenvalue weighted by molar-refractivity contribution is 0.102. The Bertz CT molecular complexity index is 790. The summed E-state index contributed by atoms with van der Waals surface area (Å²) >= 11 is 11.5. The van der Waals surface area contributed by atoms with Gasteiger partial charge in [-0.3, -0.25) is 4.79 Å². The van der Waals surface area contributed by atoms with Crippen LogP contribution in [0.4, 0.5) is 5.82 Å². The summed E-state index contributed by atoms with van der Waals surface area (Å²) in [5.74, 6) is -0.188. The Morgan fingerprint density at radius 2 is 1.90 bits per heavy atom. The van der Waals surface area contributed by atoms with Gasteiger partial charge in [0.05, 0.1) is 14.9 Å². The SMILES string of the molecule is CS(=O)(=O)c1cc(C(=O)Nc2ccc(Cl)cn2)ccc1Cl. The van der Waals surface area contributed by atoms with Gasteiger partial charge in [0.2, 0.25) is 0 Å². The molecule has 110 valence electrons. The van der Waals surface area contributed by atoms with Crippen LogP contribution in [0.25, 0.3) is 0 Å². The molecule has 8 heteroatoms. The maximum Gasteiger partial charge on any atom is 0.256 e. The number of anilines is 1. The van der Waals surface area contributed by atoms with Gasteiger partial charge in [0, 0.05) is 18.0 Å². The van der Waals surface area contributed by atoms with E-state index in [0.29, 0.717) is 10.8 Å². The average molecular weight is 345 g/mol. The van der Waals surface area contributed by atoms with E-state index in [1.165, 1.54) is 30.5 Å². The Kier molecular flexibility index (Phi) is 4.51. The summed E-state index contributed by atoms with van der Waals surface area (Å²) < 4.78 is 23.2. The number of hydrogen-bond donors (Lipinski definition) is 1. The van der Waals surface area contributed by atoms with Crippen LogP contribution in [0.5, 0.6) is 0 Å². The molecule has 1 amide bonds. The molecule has 0 atom stereocenters. The number of aromatic nitrogens is 1. The van der Waals surface area contributed by atoms with Crippen molar-refractivity contribution in [2.45, 2.75) is 4.90 Å². The molecular formula is C13H10Cl2N2O3S. The van der Waals surface area contributed by atoms with Gasteiger partial charge in [-0.1, -0.05) is 23.2 Å². The zero-order valence-electron chi connectivity index (χ0n) is 10.8. The predicted molar refractivity (Wildman–Crippen MR) is 81.8 cm³/mol. The molecule has 0 saturated carbocycles. The van der Waals surface area contributed by atoms with Crippen molar-refractivity contribution in [3.05, 3.63) is 52.1 Å². The average Bonchev–Trinajstić information content (AvgIpc) is 2.40. The molecule has 0 aliphatic rings. The Balaban J connectivity index is 2.30. The highest BCUT2D eigenvalue weighted by molar-refractivity contribution is 7.90. The van der Waals surface area contributed by atoms with Gasteiger partial charge in [0.25, 0.3) is 5.91 Å². The molecular weight excluding hydrogens is 335 g/mol. The number of carbonyl (C=O) groups excluding carboxylic acids is 1. The van der Waals surface area contributed by atoms with Gasteiger partial charge in [0.1, 0.15) is 5.82 Å². The minimum atomic E-state index is -3.51. The van der Waals surface area contributed by atoms with Crippen molar-refractivity contribution in [2.24, 2.45) is 0 Å². The van der Waals surface area contributed by atoms with Gasteiger partial charge in [0.15, 0.2) is 9.84 Å². The van der Waals surface area contributed by atoms with Crippen molar-refractivity contribution < 1.29 is 13.2 Å². The van der Waals surface area contributed by atoms with Crippen molar-refractivity contribution in [2.75, 3.05) is 11.6 Å². The van der Waals surface area contributed by atoms with Crippen LogP contribution in [0.3, 0.4) is 0 Å². The highest BCUT2D eigenvalue weighted by Gasteiger charge is 2.16. The van der Waals surface area contributed by atoms with E-state index in [1.54, 1.807) is 6.07 Å². The molecule has 21 heavy (non-hydrogen) atoms. The van der Waals surface area contributed by atoms with E-state index in [-0.39, 0.29) is 15.5 Å². The van der Waals surface area contributed by atoms with Crippen LogP contribution >= 0.6 is 23.2 Å². The Labute approximate surface area is 131 Å². The number of rotatable bonds is 3. The monoisotopic (exact) mass is 344 g/mol. The summed E-state index contributed by atoms with van der Waals surface area (Å²) in [5.41, 5.74) is 0.163. The summed E-state index contributed by atoms with van der Waals surface area (Å²) in [5, 5.41) is 3.05. The second kappa shape index (κ2) is 6.01. The van der Waals surface area contributed by atoms with Crippen molar-refractivity contribution in [3.8, 4) is 0 Å². The Hall–Kier alpha value is -1.63. The normalized spacial score (nSPS) is 11.2. The van der Waals surface area contributed by atoms with E-state index >= 15 is 0 Å². The number of nitrogens with zero attached hydrogens (tertiary/aromatic N) is 1. The number of hydrogen-bond acceptors (Lipinski definition) is 4. The number of amides is 1. The molecule has 0 radical (unpaired) electrons. The van der Waals surface area contributed by atoms with E-state index in [1.807, 2.05) is 0 Å². The number of nitrogens with one attached hydrogen (secondary N) is 1. The second-order valence-electron chi connectivity index (χ2n) is 4.23. The standard InChI is InChI=1S/C13H10Cl2N2O3S/c1-21(19,20)11-6-8(2-4-10(11)15)13(18)17-12-5-3-9(14)7-16-12/h2-7H,1H3,(H,16,17,18). The van der Waals surface area contributed by atoms with Crippen molar-refractivity contribution >= 4 is 44.8 Å². The van der Waals surface area contributed by atoms with E-state index in [0.717, 1.165) is 6.26 Å². The zero-order chi connectivity index (χ0) is 15.6. The fourth-order valence-electron chi connectivity index (χ4n) is 1.57. The summed E-state index contributed by atoms with van der Waals surface area (Å²) in [6, 6.07) is 7.13. The van der Waals surface area contributed by atoms with Crippen LogP contribution in [-0.2, 0) is 9.84 Å². The van der Waals surface area contributed by atoms with Gasteiger partial charge in [-0.15, -0.1) is 0 Å². The Morgan fingerprint density at radius 3 is 2.48 bits per heavy atom. The predicted octanol–water partition coefficient (Wildman–Crippen LogP) is 3.04. The topological polar surface area (TPSA) is 76.1 Å². The molecule has 0 aliphatic heterocycles. The number of benzene rings is 1. The van der Waals surface area contributed by atoms with Gasteiger partial charge in [-0.05, 0) is 30.3 Å². The molecule has 5 nitrogen and oxygen atoms in total. The largest absolute Gasteiger partial charge is 0.307 e. The maximum absolute atomic E-state index is 12.1. The lowest BCUT2D eigenvalue weighted by atomic mass is 10.2. The fourth-order valence-corrected chi connectivity index (χ4v) is 2.98. The highest BCUT2D eigenvalue weighted by Crippen LogP contribution is 2.23. The first-order valence-corrected chi connectivity index (χ1v) is 8.34. The third-order valence-electron chi connectivity index (χ3n) is 2.56. The number of carbonyl (C=O) groups is 1. The van der Waals surface area contributed by atoms with Gasteiger partial charge < -0.3 is 5.32 Å². The van der Waals surface area contributed by atoms with E-state index in [4.69, 9.17) is 23.2 Å². The maximum atomic E-state index is 12.1. The zero-order valence-corrected chi connectivity index (χ0v) is 13.1. The third-order valence-corrected chi connectivity index (χ3v) is 4.36. The van der Waals surface area contributed by atoms with Gasteiger partial charge >= 0.3 is 0 Å². The molecule has 2 rings (SSSR count). The second-order valence-corrected chi connectivity index (χ2v) is 7.06. The number of sulfone groups is 1. The summed E-state index contributed by atoms with van der Waals surface area (Å²) in [7, 11) is -3.51. The summed E-state index contributed by atoms with van der Waals surface area (Å²) in [4.78, 5) is 15.9. The van der Waals surface area contributed by atoms with Crippen LogP contribution in [0.15, 0.2) is 41.4 Å². The molecule has 0 fully saturated rings. The summed E-state index contributed by atoms with van der Waals surface area (Å²) in [6.45, 7) is 0.